The van der Waals surface area contributed by atoms with Crippen molar-refractivity contribution in [1.29, 1.82) is 0 Å². The molecule has 0 unspecified atom stereocenters. The van der Waals surface area contributed by atoms with Crippen LogP contribution < -0.4 is 0 Å². The second kappa shape index (κ2) is 4.62. The van der Waals surface area contributed by atoms with E-state index in [2.05, 4.69) is 39.9 Å². The minimum atomic E-state index is 0.698. The lowest BCUT2D eigenvalue weighted by atomic mass is 10.2. The van der Waals surface area contributed by atoms with Crippen molar-refractivity contribution in [3.05, 3.63) is 42.6 Å². The summed E-state index contributed by atoms with van der Waals surface area (Å²) in [5.74, 6) is 0. The average Bonchev–Trinajstić information content (AvgIpc) is 2.71. The van der Waals surface area contributed by atoms with E-state index >= 15 is 0 Å². The summed E-state index contributed by atoms with van der Waals surface area (Å²) < 4.78 is 7.40. The van der Waals surface area contributed by atoms with Gasteiger partial charge in [0.25, 0.3) is 0 Å². The number of para-hydroxylation sites is 1. The van der Waals surface area contributed by atoms with Crippen molar-refractivity contribution in [2.24, 2.45) is 0 Å². The quantitative estimate of drug-likeness (QED) is 0.683. The van der Waals surface area contributed by atoms with Crippen molar-refractivity contribution in [1.82, 2.24) is 9.55 Å². The van der Waals surface area contributed by atoms with Crippen LogP contribution in [-0.4, -0.2) is 16.2 Å². The number of nitrogens with zero attached hydrogens (tertiary/aromatic N) is 2. The number of aromatic nitrogens is 2. The van der Waals surface area contributed by atoms with Gasteiger partial charge in [0, 0.05) is 18.1 Å². The van der Waals surface area contributed by atoms with Crippen LogP contribution in [0.2, 0.25) is 0 Å². The standard InChI is InChI=1S/C13H11IN2O/c14-17-9-8-16-11-5-2-1-4-10(11)13-12(16)6-3-7-15-13/h1-7H,8-9H2. The van der Waals surface area contributed by atoms with Crippen molar-refractivity contribution in [3.63, 3.8) is 0 Å². The van der Waals surface area contributed by atoms with E-state index in [0.29, 0.717) is 6.61 Å². The van der Waals surface area contributed by atoms with Crippen LogP contribution in [0, 0.1) is 0 Å². The zero-order valence-corrected chi connectivity index (χ0v) is 11.3. The monoisotopic (exact) mass is 338 g/mol. The highest BCUT2D eigenvalue weighted by atomic mass is 127. The summed E-state index contributed by atoms with van der Waals surface area (Å²) in [5, 5.41) is 1.21. The Morgan fingerprint density at radius 2 is 1.94 bits per heavy atom. The van der Waals surface area contributed by atoms with E-state index in [-0.39, 0.29) is 0 Å². The molecule has 0 N–H and O–H groups in total. The molecule has 3 rings (SSSR count). The molecule has 0 spiro atoms. The normalized spacial score (nSPS) is 11.4. The van der Waals surface area contributed by atoms with Crippen molar-refractivity contribution < 1.29 is 3.07 Å². The molecule has 4 heteroatoms. The molecule has 3 nitrogen and oxygen atoms in total. The molecule has 86 valence electrons. The topological polar surface area (TPSA) is 27.1 Å². The lowest BCUT2D eigenvalue weighted by Gasteiger charge is -2.04. The van der Waals surface area contributed by atoms with Crippen molar-refractivity contribution in [2.45, 2.75) is 6.54 Å². The molecule has 0 bridgehead atoms. The molecule has 0 fully saturated rings. The van der Waals surface area contributed by atoms with Gasteiger partial charge in [0.2, 0.25) is 0 Å². The van der Waals surface area contributed by atoms with Crippen molar-refractivity contribution in [2.75, 3.05) is 6.61 Å². The highest BCUT2D eigenvalue weighted by Crippen LogP contribution is 2.26. The first-order chi connectivity index (χ1) is 8.42. The van der Waals surface area contributed by atoms with Gasteiger partial charge in [-0.25, -0.2) is 0 Å². The van der Waals surface area contributed by atoms with Gasteiger partial charge in [-0.3, -0.25) is 4.98 Å². The fourth-order valence-electron chi connectivity index (χ4n) is 2.23. The highest BCUT2D eigenvalue weighted by molar-refractivity contribution is 14.1. The summed E-state index contributed by atoms with van der Waals surface area (Å²) in [6.45, 7) is 1.54. The summed E-state index contributed by atoms with van der Waals surface area (Å²) in [7, 11) is 0. The van der Waals surface area contributed by atoms with Crippen LogP contribution in [0.5, 0.6) is 0 Å². The van der Waals surface area contributed by atoms with Gasteiger partial charge in [0.15, 0.2) is 0 Å². The number of hydrogen-bond acceptors (Lipinski definition) is 2. The molecular weight excluding hydrogens is 327 g/mol. The Hall–Kier alpha value is -1.14. The third kappa shape index (κ3) is 1.81. The SMILES string of the molecule is IOCCn1c2ccccc2c2ncccc21. The number of hydrogen-bond donors (Lipinski definition) is 0. The predicted molar refractivity (Wildman–Crippen MR) is 77.2 cm³/mol. The molecule has 2 heterocycles. The van der Waals surface area contributed by atoms with Gasteiger partial charge in [-0.2, -0.15) is 0 Å². The molecule has 0 amide bonds. The van der Waals surface area contributed by atoms with E-state index in [1.54, 1.807) is 0 Å². The number of halogens is 1. The maximum absolute atomic E-state index is 5.14. The van der Waals surface area contributed by atoms with E-state index in [1.165, 1.54) is 16.4 Å². The summed E-state index contributed by atoms with van der Waals surface area (Å²) >= 11 is 1.93. The number of benzene rings is 1. The third-order valence-corrected chi connectivity index (χ3v) is 3.36. The van der Waals surface area contributed by atoms with Crippen LogP contribution in [0.15, 0.2) is 42.6 Å². The van der Waals surface area contributed by atoms with E-state index < -0.39 is 0 Å². The van der Waals surface area contributed by atoms with E-state index in [4.69, 9.17) is 3.07 Å². The molecule has 2 aromatic heterocycles. The lowest BCUT2D eigenvalue weighted by Crippen LogP contribution is -2.01. The summed E-state index contributed by atoms with van der Waals surface area (Å²) in [6, 6.07) is 12.4. The predicted octanol–water partition coefficient (Wildman–Crippen LogP) is 3.56. The maximum Gasteiger partial charge on any atom is 0.109 e. The zero-order valence-electron chi connectivity index (χ0n) is 9.14. The Kier molecular flexibility index (Phi) is 2.98. The summed E-state index contributed by atoms with van der Waals surface area (Å²) in [5.41, 5.74) is 3.45. The number of pyridine rings is 1. The molecule has 0 atom stereocenters. The highest BCUT2D eigenvalue weighted by Gasteiger charge is 2.09. The Balaban J connectivity index is 2.33. The first kappa shape index (κ1) is 11.0. The van der Waals surface area contributed by atoms with Crippen molar-refractivity contribution >= 4 is 44.9 Å². The van der Waals surface area contributed by atoms with Gasteiger partial charge in [-0.05, 0) is 18.2 Å². The molecule has 0 aliphatic rings. The van der Waals surface area contributed by atoms with Crippen LogP contribution in [0.3, 0.4) is 0 Å². The first-order valence-electron chi connectivity index (χ1n) is 5.47. The molecule has 3 aromatic rings. The fourth-order valence-corrected chi connectivity index (χ4v) is 2.42. The van der Waals surface area contributed by atoms with Crippen LogP contribution in [0.1, 0.15) is 0 Å². The molecule has 0 aliphatic carbocycles. The molecule has 17 heavy (non-hydrogen) atoms. The third-order valence-electron chi connectivity index (χ3n) is 2.92. The van der Waals surface area contributed by atoms with Gasteiger partial charge in [-0.15, -0.1) is 0 Å². The minimum absolute atomic E-state index is 0.698. The van der Waals surface area contributed by atoms with Crippen LogP contribution in [-0.2, 0) is 9.61 Å². The summed E-state index contributed by atoms with van der Waals surface area (Å²) in [4.78, 5) is 4.47. The Morgan fingerprint density at radius 1 is 1.12 bits per heavy atom. The van der Waals surface area contributed by atoms with Crippen LogP contribution >= 0.6 is 23.0 Å². The van der Waals surface area contributed by atoms with E-state index in [9.17, 15) is 0 Å². The second-order valence-electron chi connectivity index (χ2n) is 3.85. The van der Waals surface area contributed by atoms with Gasteiger partial charge in [-0.1, -0.05) is 18.2 Å². The lowest BCUT2D eigenvalue weighted by molar-refractivity contribution is 0.400. The van der Waals surface area contributed by atoms with Gasteiger partial charge < -0.3 is 7.63 Å². The van der Waals surface area contributed by atoms with Gasteiger partial charge >= 0.3 is 0 Å². The first-order valence-corrected chi connectivity index (χ1v) is 6.35. The fraction of sp³-hybridized carbons (Fsp3) is 0.154. The van der Waals surface area contributed by atoms with Crippen LogP contribution in [0.25, 0.3) is 21.9 Å². The van der Waals surface area contributed by atoms with E-state index in [1.807, 2.05) is 35.3 Å². The number of rotatable bonds is 3. The van der Waals surface area contributed by atoms with Gasteiger partial charge in [0.05, 0.1) is 23.2 Å². The zero-order chi connectivity index (χ0) is 11.7. The molecule has 0 aliphatic heterocycles. The molecule has 0 radical (unpaired) electrons. The Labute approximate surface area is 113 Å². The second-order valence-corrected chi connectivity index (χ2v) is 4.48. The molecule has 1 aromatic carbocycles. The largest absolute Gasteiger partial charge is 0.337 e. The minimum Gasteiger partial charge on any atom is -0.337 e. The average molecular weight is 338 g/mol. The van der Waals surface area contributed by atoms with E-state index in [0.717, 1.165) is 12.1 Å². The Morgan fingerprint density at radius 3 is 2.82 bits per heavy atom. The van der Waals surface area contributed by atoms with Crippen LogP contribution in [0.4, 0.5) is 0 Å². The molecular formula is C13H11IN2O. The molecule has 0 saturated carbocycles. The van der Waals surface area contributed by atoms with Gasteiger partial charge in [0.1, 0.15) is 23.0 Å². The summed E-state index contributed by atoms with van der Waals surface area (Å²) in [6.07, 6.45) is 1.84. The van der Waals surface area contributed by atoms with Crippen molar-refractivity contribution in [3.8, 4) is 0 Å². The number of fused-ring (bicyclic) bond motifs is 3. The molecule has 0 saturated heterocycles. The Bertz CT molecular complexity index is 609. The smallest absolute Gasteiger partial charge is 0.109 e. The maximum atomic E-state index is 5.14.